The van der Waals surface area contributed by atoms with E-state index in [1.165, 1.54) is 23.0 Å². The van der Waals surface area contributed by atoms with Gasteiger partial charge in [-0.15, -0.1) is 0 Å². The third kappa shape index (κ3) is 1.41. The Kier molecular flexibility index (Phi) is 2.49. The van der Waals surface area contributed by atoms with E-state index in [-0.39, 0.29) is 0 Å². The Balaban J connectivity index is 2.62. The van der Waals surface area contributed by atoms with Crippen LogP contribution < -0.4 is 0 Å². The molecule has 0 amide bonds. The first-order chi connectivity index (χ1) is 6.74. The van der Waals surface area contributed by atoms with Gasteiger partial charge in [0.05, 0.1) is 0 Å². The molecule has 1 aliphatic rings. The Bertz CT molecular complexity index is 377. The Morgan fingerprint density at radius 1 is 1.43 bits per heavy atom. The lowest BCUT2D eigenvalue weighted by atomic mass is 9.74. The SMILES string of the molecule is BC1=CCC(C)c2c(CC)cccc21. The molecule has 0 radical (unpaired) electrons. The van der Waals surface area contributed by atoms with Gasteiger partial charge >= 0.3 is 0 Å². The van der Waals surface area contributed by atoms with E-state index in [0.717, 1.165) is 6.42 Å². The fourth-order valence-electron chi connectivity index (χ4n) is 2.43. The van der Waals surface area contributed by atoms with Crippen LogP contribution in [0, 0.1) is 0 Å². The van der Waals surface area contributed by atoms with Crippen molar-refractivity contribution in [2.45, 2.75) is 32.6 Å². The zero-order chi connectivity index (χ0) is 10.1. The summed E-state index contributed by atoms with van der Waals surface area (Å²) in [5.74, 6) is 0.699. The molecular formula is C13H17B. The fraction of sp³-hybridized carbons (Fsp3) is 0.385. The summed E-state index contributed by atoms with van der Waals surface area (Å²) in [5, 5.41) is 0. The van der Waals surface area contributed by atoms with Crippen molar-refractivity contribution in [2.75, 3.05) is 0 Å². The highest BCUT2D eigenvalue weighted by molar-refractivity contribution is 6.42. The van der Waals surface area contributed by atoms with Crippen molar-refractivity contribution in [3.05, 3.63) is 41.0 Å². The van der Waals surface area contributed by atoms with Crippen LogP contribution in [0.15, 0.2) is 24.3 Å². The van der Waals surface area contributed by atoms with Crippen LogP contribution in [-0.4, -0.2) is 7.85 Å². The van der Waals surface area contributed by atoms with E-state index in [1.54, 1.807) is 5.56 Å². The van der Waals surface area contributed by atoms with Gasteiger partial charge in [-0.1, -0.05) is 43.6 Å². The van der Waals surface area contributed by atoms with Crippen LogP contribution in [0.3, 0.4) is 0 Å². The molecule has 0 bridgehead atoms. The van der Waals surface area contributed by atoms with Gasteiger partial charge in [-0.2, -0.15) is 0 Å². The normalized spacial score (nSPS) is 20.1. The molecule has 0 nitrogen and oxygen atoms in total. The van der Waals surface area contributed by atoms with E-state index in [1.807, 2.05) is 0 Å². The van der Waals surface area contributed by atoms with Gasteiger partial charge in [-0.25, -0.2) is 0 Å². The van der Waals surface area contributed by atoms with Gasteiger partial charge in [0.2, 0.25) is 0 Å². The average molecular weight is 184 g/mol. The van der Waals surface area contributed by atoms with Crippen LogP contribution in [0.5, 0.6) is 0 Å². The fourth-order valence-corrected chi connectivity index (χ4v) is 2.43. The molecule has 0 aromatic heterocycles. The van der Waals surface area contributed by atoms with Crippen molar-refractivity contribution in [3.8, 4) is 0 Å². The van der Waals surface area contributed by atoms with E-state index >= 15 is 0 Å². The monoisotopic (exact) mass is 184 g/mol. The lowest BCUT2D eigenvalue weighted by Crippen LogP contribution is -2.07. The number of rotatable bonds is 1. The topological polar surface area (TPSA) is 0 Å². The van der Waals surface area contributed by atoms with Crippen LogP contribution in [0.1, 0.15) is 42.9 Å². The lowest BCUT2D eigenvalue weighted by molar-refractivity contribution is 0.757. The molecular weight excluding hydrogens is 167 g/mol. The summed E-state index contributed by atoms with van der Waals surface area (Å²) in [4.78, 5) is 0. The summed E-state index contributed by atoms with van der Waals surface area (Å²) < 4.78 is 0. The number of allylic oxidation sites excluding steroid dienone is 1. The van der Waals surface area contributed by atoms with Gasteiger partial charge in [0, 0.05) is 0 Å². The summed E-state index contributed by atoms with van der Waals surface area (Å²) in [6.07, 6.45) is 4.73. The third-order valence-electron chi connectivity index (χ3n) is 3.27. The molecule has 1 aromatic rings. The molecule has 0 heterocycles. The summed E-state index contributed by atoms with van der Waals surface area (Å²) >= 11 is 0. The van der Waals surface area contributed by atoms with E-state index in [0.29, 0.717) is 5.92 Å². The molecule has 0 saturated carbocycles. The number of hydrogen-bond donors (Lipinski definition) is 0. The maximum Gasteiger partial charge on any atom is 0.139 e. The molecule has 1 aromatic carbocycles. The molecule has 72 valence electrons. The van der Waals surface area contributed by atoms with Crippen LogP contribution >= 0.6 is 0 Å². The van der Waals surface area contributed by atoms with E-state index in [2.05, 4.69) is 46.0 Å². The van der Waals surface area contributed by atoms with E-state index in [4.69, 9.17) is 0 Å². The summed E-state index contributed by atoms with van der Waals surface area (Å²) in [7, 11) is 2.23. The smallest absolute Gasteiger partial charge is 0.0897 e. The maximum atomic E-state index is 2.37. The minimum atomic E-state index is 0.699. The lowest BCUT2D eigenvalue weighted by Gasteiger charge is -2.24. The molecule has 14 heavy (non-hydrogen) atoms. The van der Waals surface area contributed by atoms with Crippen molar-refractivity contribution in [3.63, 3.8) is 0 Å². The minimum Gasteiger partial charge on any atom is -0.0897 e. The predicted molar refractivity (Wildman–Crippen MR) is 65.4 cm³/mol. The molecule has 0 saturated heterocycles. The highest BCUT2D eigenvalue weighted by atomic mass is 14.2. The van der Waals surface area contributed by atoms with Crippen molar-refractivity contribution in [1.29, 1.82) is 0 Å². The number of aryl methyl sites for hydroxylation is 1. The summed E-state index contributed by atoms with van der Waals surface area (Å²) in [6.45, 7) is 4.58. The van der Waals surface area contributed by atoms with Crippen molar-refractivity contribution in [2.24, 2.45) is 0 Å². The Labute approximate surface area is 87.4 Å². The molecule has 0 spiro atoms. The number of benzene rings is 1. The molecule has 0 N–H and O–H groups in total. The molecule has 1 atom stereocenters. The van der Waals surface area contributed by atoms with Crippen molar-refractivity contribution < 1.29 is 0 Å². The quantitative estimate of drug-likeness (QED) is 0.588. The second-order valence-electron chi connectivity index (χ2n) is 4.26. The van der Waals surface area contributed by atoms with Gasteiger partial charge in [-0.05, 0) is 35.4 Å². The Morgan fingerprint density at radius 3 is 2.93 bits per heavy atom. The Morgan fingerprint density at radius 2 is 2.21 bits per heavy atom. The maximum absolute atomic E-state index is 2.37. The highest BCUT2D eigenvalue weighted by Gasteiger charge is 2.17. The third-order valence-corrected chi connectivity index (χ3v) is 3.27. The van der Waals surface area contributed by atoms with Crippen LogP contribution in [0.2, 0.25) is 0 Å². The standard InChI is InChI=1S/C13H17B/c1-3-10-5-4-6-11-12(14)8-7-9(2)13(10)11/h4-6,8-9H,3,7,14H2,1-2H3. The van der Waals surface area contributed by atoms with Gasteiger partial charge in [0.15, 0.2) is 0 Å². The Hall–Kier alpha value is -0.975. The molecule has 2 rings (SSSR count). The molecule has 0 aliphatic heterocycles. The first kappa shape index (κ1) is 9.58. The van der Waals surface area contributed by atoms with Gasteiger partial charge in [0.25, 0.3) is 0 Å². The van der Waals surface area contributed by atoms with Crippen molar-refractivity contribution >= 4 is 13.3 Å². The second kappa shape index (κ2) is 3.64. The van der Waals surface area contributed by atoms with Crippen LogP contribution in [0.4, 0.5) is 0 Å². The molecule has 1 heteroatoms. The molecule has 1 aliphatic carbocycles. The molecule has 0 fully saturated rings. The van der Waals surface area contributed by atoms with Gasteiger partial charge < -0.3 is 0 Å². The first-order valence-electron chi connectivity index (χ1n) is 5.53. The number of fused-ring (bicyclic) bond motifs is 1. The predicted octanol–water partition coefficient (Wildman–Crippen LogP) is 2.73. The van der Waals surface area contributed by atoms with Crippen LogP contribution in [-0.2, 0) is 6.42 Å². The minimum absolute atomic E-state index is 0.699. The zero-order valence-electron chi connectivity index (χ0n) is 9.30. The van der Waals surface area contributed by atoms with Gasteiger partial charge in [-0.3, -0.25) is 0 Å². The number of hydrogen-bond acceptors (Lipinski definition) is 0. The first-order valence-corrected chi connectivity index (χ1v) is 5.53. The highest BCUT2D eigenvalue weighted by Crippen LogP contribution is 2.35. The zero-order valence-corrected chi connectivity index (χ0v) is 9.30. The van der Waals surface area contributed by atoms with E-state index < -0.39 is 0 Å². The summed E-state index contributed by atoms with van der Waals surface area (Å²) in [6, 6.07) is 6.72. The summed E-state index contributed by atoms with van der Waals surface area (Å²) in [5.41, 5.74) is 6.05. The van der Waals surface area contributed by atoms with Crippen molar-refractivity contribution in [1.82, 2.24) is 0 Å². The van der Waals surface area contributed by atoms with Gasteiger partial charge in [0.1, 0.15) is 7.85 Å². The average Bonchev–Trinajstić information content (AvgIpc) is 2.23. The second-order valence-corrected chi connectivity index (χ2v) is 4.26. The molecule has 1 unspecified atom stereocenters. The van der Waals surface area contributed by atoms with E-state index in [9.17, 15) is 0 Å². The van der Waals surface area contributed by atoms with Crippen LogP contribution in [0.25, 0.3) is 5.47 Å². The largest absolute Gasteiger partial charge is 0.139 e.